The van der Waals surface area contributed by atoms with Crippen molar-refractivity contribution in [3.8, 4) is 17.2 Å². The Balaban J connectivity index is 1.54. The standard InChI is InChI=1S/C34H22N2O4/c1-38-25-16-15-18(17-26(25)39-2)27-28-31-30(35-23-13-7-8-14-24(23)36-31)19-9-3-5-11-21(19)33(28)40-34-22-12-6-4-10-20(22)32(37)29(27)34/h3-17,27H,1-2H3. The summed E-state index contributed by atoms with van der Waals surface area (Å²) in [5.41, 5.74) is 6.79. The van der Waals surface area contributed by atoms with Gasteiger partial charge in [0.25, 0.3) is 0 Å². The number of hydrogen-bond acceptors (Lipinski definition) is 6. The number of nitrogens with zero attached hydrogens (tertiary/aromatic N) is 2. The molecule has 0 spiro atoms. The molecule has 0 N–H and O–H groups in total. The zero-order valence-corrected chi connectivity index (χ0v) is 21.8. The van der Waals surface area contributed by atoms with Gasteiger partial charge >= 0.3 is 0 Å². The number of carbonyl (C=O) groups is 1. The largest absolute Gasteiger partial charge is 0.493 e. The van der Waals surface area contributed by atoms with Crippen molar-refractivity contribution in [2.75, 3.05) is 14.2 Å². The first kappa shape index (κ1) is 22.7. The minimum atomic E-state index is -0.471. The minimum Gasteiger partial charge on any atom is -0.493 e. The summed E-state index contributed by atoms with van der Waals surface area (Å²) in [7, 11) is 3.22. The number of fused-ring (bicyclic) bond motifs is 9. The van der Waals surface area contributed by atoms with Gasteiger partial charge in [-0.05, 0) is 29.8 Å². The first-order chi connectivity index (χ1) is 19.7. The van der Waals surface area contributed by atoms with Gasteiger partial charge in [0.15, 0.2) is 17.3 Å². The maximum Gasteiger partial charge on any atom is 0.194 e. The van der Waals surface area contributed by atoms with Crippen molar-refractivity contribution in [3.05, 3.63) is 119 Å². The number of methoxy groups -OCH3 is 2. The molecule has 0 radical (unpaired) electrons. The quantitative estimate of drug-likeness (QED) is 0.183. The lowest BCUT2D eigenvalue weighted by Gasteiger charge is -2.30. The van der Waals surface area contributed by atoms with E-state index in [4.69, 9.17) is 24.2 Å². The molecule has 2 heterocycles. The van der Waals surface area contributed by atoms with Gasteiger partial charge in [-0.2, -0.15) is 0 Å². The van der Waals surface area contributed by atoms with E-state index in [9.17, 15) is 4.79 Å². The Bertz CT molecular complexity index is 2100. The van der Waals surface area contributed by atoms with Crippen LogP contribution in [0, 0.1) is 0 Å². The van der Waals surface area contributed by atoms with Crippen molar-refractivity contribution in [1.29, 1.82) is 0 Å². The SMILES string of the molecule is COc1ccc(C2C3=C(Oc4c2c2nc5ccccc5nc2c2ccccc42)c2ccccc2C3=O)cc1OC. The van der Waals surface area contributed by atoms with Crippen LogP contribution in [0.3, 0.4) is 0 Å². The van der Waals surface area contributed by atoms with E-state index in [1.165, 1.54) is 0 Å². The highest BCUT2D eigenvalue weighted by Crippen LogP contribution is 2.55. The Labute approximate surface area is 229 Å². The summed E-state index contributed by atoms with van der Waals surface area (Å²) in [5, 5.41) is 1.87. The van der Waals surface area contributed by atoms with Crippen LogP contribution in [0.15, 0.2) is 96.6 Å². The van der Waals surface area contributed by atoms with Crippen LogP contribution >= 0.6 is 0 Å². The fourth-order valence-corrected chi connectivity index (χ4v) is 6.15. The predicted octanol–water partition coefficient (Wildman–Crippen LogP) is 7.09. The molecule has 1 unspecified atom stereocenters. The monoisotopic (exact) mass is 522 g/mol. The second-order valence-corrected chi connectivity index (χ2v) is 9.96. The summed E-state index contributed by atoms with van der Waals surface area (Å²) in [6, 6.07) is 29.4. The van der Waals surface area contributed by atoms with Crippen LogP contribution < -0.4 is 14.2 Å². The Hall–Kier alpha value is -5.23. The van der Waals surface area contributed by atoms with Gasteiger partial charge in [-0.25, -0.2) is 9.97 Å². The van der Waals surface area contributed by atoms with Crippen LogP contribution in [0.1, 0.15) is 33.0 Å². The molecule has 1 aliphatic carbocycles. The summed E-state index contributed by atoms with van der Waals surface area (Å²) in [5.74, 6) is 1.96. The van der Waals surface area contributed by atoms with E-state index in [0.717, 1.165) is 44.0 Å². The highest BCUT2D eigenvalue weighted by Gasteiger charge is 2.44. The molecule has 1 atom stereocenters. The van der Waals surface area contributed by atoms with E-state index in [1.54, 1.807) is 14.2 Å². The first-order valence-corrected chi connectivity index (χ1v) is 13.1. The molecule has 8 rings (SSSR count). The molecular weight excluding hydrogens is 500 g/mol. The highest BCUT2D eigenvalue weighted by atomic mass is 16.5. The van der Waals surface area contributed by atoms with Gasteiger partial charge < -0.3 is 14.2 Å². The van der Waals surface area contributed by atoms with Crippen LogP contribution in [0.25, 0.3) is 38.6 Å². The van der Waals surface area contributed by atoms with Gasteiger partial charge in [0.2, 0.25) is 0 Å². The molecule has 1 aliphatic heterocycles. The van der Waals surface area contributed by atoms with E-state index in [-0.39, 0.29) is 5.78 Å². The van der Waals surface area contributed by atoms with Crippen molar-refractivity contribution in [2.45, 2.75) is 5.92 Å². The van der Waals surface area contributed by atoms with Crippen LogP contribution in [0.5, 0.6) is 17.2 Å². The lowest BCUT2D eigenvalue weighted by atomic mass is 9.79. The first-order valence-electron chi connectivity index (χ1n) is 13.1. The molecule has 0 fully saturated rings. The van der Waals surface area contributed by atoms with Crippen LogP contribution in [0.2, 0.25) is 0 Å². The number of benzene rings is 5. The number of carbonyl (C=O) groups excluding carboxylic acids is 1. The zero-order valence-electron chi connectivity index (χ0n) is 21.8. The smallest absolute Gasteiger partial charge is 0.194 e. The second-order valence-electron chi connectivity index (χ2n) is 9.96. The van der Waals surface area contributed by atoms with Gasteiger partial charge in [-0.3, -0.25) is 4.79 Å². The Morgan fingerprint density at radius 1 is 0.700 bits per heavy atom. The second kappa shape index (κ2) is 8.38. The normalized spacial score (nSPS) is 15.7. The molecule has 0 bridgehead atoms. The van der Waals surface area contributed by atoms with Crippen molar-refractivity contribution >= 4 is 44.4 Å². The zero-order chi connectivity index (χ0) is 27.0. The molecule has 0 saturated heterocycles. The van der Waals surface area contributed by atoms with Gasteiger partial charge in [0.05, 0.1) is 41.9 Å². The van der Waals surface area contributed by atoms with Crippen LogP contribution in [-0.4, -0.2) is 30.0 Å². The van der Waals surface area contributed by atoms with Gasteiger partial charge in [0.1, 0.15) is 11.5 Å². The Morgan fingerprint density at radius 3 is 2.10 bits per heavy atom. The number of Topliss-reactive ketones (excluding diaryl/α,β-unsaturated/α-hetero) is 1. The molecule has 40 heavy (non-hydrogen) atoms. The third-order valence-corrected chi connectivity index (χ3v) is 7.93. The summed E-state index contributed by atoms with van der Waals surface area (Å²) in [6.45, 7) is 0. The summed E-state index contributed by atoms with van der Waals surface area (Å²) < 4.78 is 18.0. The number of para-hydroxylation sites is 2. The fourth-order valence-electron chi connectivity index (χ4n) is 6.15. The number of ether oxygens (including phenoxy) is 3. The molecule has 2 aliphatic rings. The number of hydrogen-bond donors (Lipinski definition) is 0. The third-order valence-electron chi connectivity index (χ3n) is 7.93. The van der Waals surface area contributed by atoms with E-state index in [0.29, 0.717) is 39.7 Å². The lowest BCUT2D eigenvalue weighted by Crippen LogP contribution is -2.19. The minimum absolute atomic E-state index is 0.0499. The predicted molar refractivity (Wildman–Crippen MR) is 154 cm³/mol. The number of ketones is 1. The van der Waals surface area contributed by atoms with Gasteiger partial charge in [-0.15, -0.1) is 0 Å². The molecular formula is C34H22N2O4. The van der Waals surface area contributed by atoms with Crippen LogP contribution in [-0.2, 0) is 0 Å². The summed E-state index contributed by atoms with van der Waals surface area (Å²) in [4.78, 5) is 24.3. The maximum atomic E-state index is 14.1. The number of rotatable bonds is 3. The molecule has 0 saturated carbocycles. The van der Waals surface area contributed by atoms with Crippen LogP contribution in [0.4, 0.5) is 0 Å². The average Bonchev–Trinajstić information content (AvgIpc) is 3.30. The molecule has 192 valence electrons. The summed E-state index contributed by atoms with van der Waals surface area (Å²) in [6.07, 6.45) is 0. The average molecular weight is 523 g/mol. The van der Waals surface area contributed by atoms with E-state index in [1.807, 2.05) is 91.0 Å². The van der Waals surface area contributed by atoms with Gasteiger partial charge in [0, 0.05) is 33.4 Å². The third kappa shape index (κ3) is 3.01. The number of aromatic nitrogens is 2. The lowest BCUT2D eigenvalue weighted by molar-refractivity contribution is 0.103. The highest BCUT2D eigenvalue weighted by molar-refractivity contribution is 6.23. The van der Waals surface area contributed by atoms with Crippen molar-refractivity contribution in [3.63, 3.8) is 0 Å². The molecule has 5 aromatic carbocycles. The Kier molecular flexibility index (Phi) is 4.76. The molecule has 0 amide bonds. The molecule has 6 aromatic rings. The fraction of sp³-hybridized carbons (Fsp3) is 0.0882. The van der Waals surface area contributed by atoms with Crippen molar-refractivity contribution in [1.82, 2.24) is 9.97 Å². The van der Waals surface area contributed by atoms with E-state index in [2.05, 4.69) is 0 Å². The van der Waals surface area contributed by atoms with Crippen molar-refractivity contribution in [2.24, 2.45) is 0 Å². The van der Waals surface area contributed by atoms with Crippen molar-refractivity contribution < 1.29 is 19.0 Å². The number of allylic oxidation sites excluding steroid dienone is 1. The van der Waals surface area contributed by atoms with Gasteiger partial charge in [-0.1, -0.05) is 66.7 Å². The van der Waals surface area contributed by atoms with E-state index < -0.39 is 5.92 Å². The molecule has 6 heteroatoms. The molecule has 6 nitrogen and oxygen atoms in total. The Morgan fingerprint density at radius 2 is 1.35 bits per heavy atom. The maximum absolute atomic E-state index is 14.1. The summed E-state index contributed by atoms with van der Waals surface area (Å²) >= 11 is 0. The molecule has 1 aromatic heterocycles. The van der Waals surface area contributed by atoms with E-state index >= 15 is 0 Å². The topological polar surface area (TPSA) is 70.5 Å².